The van der Waals surface area contributed by atoms with E-state index in [2.05, 4.69) is 15.3 Å². The van der Waals surface area contributed by atoms with Crippen LogP contribution in [0.5, 0.6) is 5.75 Å². The van der Waals surface area contributed by atoms with Gasteiger partial charge in [-0.3, -0.25) is 4.79 Å². The molecule has 0 saturated carbocycles. The first-order chi connectivity index (χ1) is 17.1. The molecule has 11 heteroatoms. The molecule has 1 amide bonds. The third-order valence-corrected chi connectivity index (χ3v) is 6.61. The minimum Gasteiger partial charge on any atom is -0.476 e. The van der Waals surface area contributed by atoms with Crippen LogP contribution in [0.2, 0.25) is 0 Å². The lowest BCUT2D eigenvalue weighted by Gasteiger charge is -2.37. The predicted molar refractivity (Wildman–Crippen MR) is 132 cm³/mol. The third kappa shape index (κ3) is 4.36. The Morgan fingerprint density at radius 1 is 1.24 bits per heavy atom. The molecule has 2 atom stereocenters. The molecule has 198 valence electrons. The summed E-state index contributed by atoms with van der Waals surface area (Å²) in [6, 6.07) is 6.02. The molecule has 37 heavy (non-hydrogen) atoms. The Morgan fingerprint density at radius 3 is 2.57 bits per heavy atom. The van der Waals surface area contributed by atoms with Crippen molar-refractivity contribution in [1.29, 1.82) is 0 Å². The number of ether oxygens (including phenoxy) is 1. The summed E-state index contributed by atoms with van der Waals surface area (Å²) in [4.78, 5) is 23.1. The molecule has 4 rings (SSSR count). The number of carbonyl (C=O) groups is 1. The number of hydrogen-bond acceptors (Lipinski definition) is 7. The number of amides is 1. The summed E-state index contributed by atoms with van der Waals surface area (Å²) in [5.41, 5.74) is -4.03. The van der Waals surface area contributed by atoms with Gasteiger partial charge in [0, 0.05) is 24.1 Å². The van der Waals surface area contributed by atoms with E-state index in [1.54, 1.807) is 46.9 Å². The molecule has 1 aliphatic rings. The quantitative estimate of drug-likeness (QED) is 0.449. The van der Waals surface area contributed by atoms with Crippen LogP contribution in [0.4, 0.5) is 24.7 Å². The van der Waals surface area contributed by atoms with Crippen LogP contribution in [0.15, 0.2) is 30.3 Å². The van der Waals surface area contributed by atoms with Crippen molar-refractivity contribution in [3.05, 3.63) is 53.1 Å². The molecular formula is C26H29F3N4O4. The minimum absolute atomic E-state index is 0.0920. The summed E-state index contributed by atoms with van der Waals surface area (Å²) in [6.07, 6.45) is 0. The van der Waals surface area contributed by atoms with Crippen molar-refractivity contribution in [3.8, 4) is 5.75 Å². The smallest absolute Gasteiger partial charge is 0.306 e. The second-order valence-electron chi connectivity index (χ2n) is 10.0. The van der Waals surface area contributed by atoms with Gasteiger partial charge in [-0.1, -0.05) is 12.1 Å². The van der Waals surface area contributed by atoms with Crippen LogP contribution in [0.3, 0.4) is 0 Å². The van der Waals surface area contributed by atoms with Gasteiger partial charge in [-0.25, -0.2) is 14.4 Å². The van der Waals surface area contributed by atoms with Gasteiger partial charge in [-0.05, 0) is 46.8 Å². The van der Waals surface area contributed by atoms with Crippen molar-refractivity contribution < 1.29 is 32.9 Å². The van der Waals surface area contributed by atoms with E-state index in [9.17, 15) is 23.8 Å². The third-order valence-electron chi connectivity index (χ3n) is 6.61. The second kappa shape index (κ2) is 8.84. The van der Waals surface area contributed by atoms with Crippen molar-refractivity contribution in [2.45, 2.75) is 57.8 Å². The van der Waals surface area contributed by atoms with Gasteiger partial charge in [0.1, 0.15) is 23.2 Å². The maximum atomic E-state index is 15.4. The number of rotatable bonds is 6. The number of aromatic nitrogens is 2. The molecule has 0 fully saturated rings. The molecule has 1 aliphatic heterocycles. The Morgan fingerprint density at radius 2 is 1.92 bits per heavy atom. The van der Waals surface area contributed by atoms with Gasteiger partial charge in [-0.2, -0.15) is 8.78 Å². The molecular weight excluding hydrogens is 489 g/mol. The Bertz CT molecular complexity index is 1390. The number of carbonyl (C=O) groups excluding carboxylic acids is 1. The Hall–Kier alpha value is -3.44. The predicted octanol–water partition coefficient (Wildman–Crippen LogP) is 4.22. The molecule has 3 N–H and O–H groups in total. The Balaban J connectivity index is 1.77. The van der Waals surface area contributed by atoms with Crippen LogP contribution >= 0.6 is 0 Å². The van der Waals surface area contributed by atoms with E-state index in [1.165, 1.54) is 17.0 Å². The van der Waals surface area contributed by atoms with Gasteiger partial charge in [0.2, 0.25) is 0 Å². The number of aryl methyl sites for hydroxylation is 1. The highest BCUT2D eigenvalue weighted by molar-refractivity contribution is 6.05. The van der Waals surface area contributed by atoms with E-state index in [4.69, 9.17) is 4.74 Å². The normalized spacial score (nSPS) is 17.7. The summed E-state index contributed by atoms with van der Waals surface area (Å²) >= 11 is 0. The van der Waals surface area contributed by atoms with Crippen molar-refractivity contribution in [2.75, 3.05) is 23.9 Å². The molecule has 2 heterocycles. The molecule has 0 unspecified atom stereocenters. The van der Waals surface area contributed by atoms with Crippen LogP contribution in [0.1, 0.15) is 50.7 Å². The maximum Gasteiger partial charge on any atom is 0.306 e. The van der Waals surface area contributed by atoms with Crippen molar-refractivity contribution in [3.63, 3.8) is 0 Å². The number of nitrogens with zero attached hydrogens (tertiary/aromatic N) is 3. The lowest BCUT2D eigenvalue weighted by atomic mass is 9.90. The first-order valence-electron chi connectivity index (χ1n) is 11.7. The number of aliphatic hydroxyl groups is 2. The van der Waals surface area contributed by atoms with Gasteiger partial charge in [0.15, 0.2) is 11.2 Å². The van der Waals surface area contributed by atoms with Crippen LogP contribution in [0, 0.1) is 12.7 Å². The number of benzene rings is 2. The van der Waals surface area contributed by atoms with Crippen LogP contribution in [-0.4, -0.2) is 50.9 Å². The van der Waals surface area contributed by atoms with E-state index in [0.717, 1.165) is 13.0 Å². The maximum absolute atomic E-state index is 15.4. The minimum atomic E-state index is -4.05. The summed E-state index contributed by atoms with van der Waals surface area (Å²) in [5, 5.41) is 22.8. The Kier molecular flexibility index (Phi) is 6.36. The van der Waals surface area contributed by atoms with Gasteiger partial charge < -0.3 is 25.2 Å². The summed E-state index contributed by atoms with van der Waals surface area (Å²) < 4.78 is 51.0. The van der Waals surface area contributed by atoms with Gasteiger partial charge in [-0.15, -0.1) is 0 Å². The topological polar surface area (TPSA) is 108 Å². The number of fused-ring (bicyclic) bond motifs is 2. The number of anilines is 2. The van der Waals surface area contributed by atoms with E-state index in [1.807, 2.05) is 0 Å². The average Bonchev–Trinajstić information content (AvgIpc) is 2.81. The average molecular weight is 519 g/mol. The molecule has 8 nitrogen and oxygen atoms in total. The zero-order chi connectivity index (χ0) is 27.5. The van der Waals surface area contributed by atoms with Crippen molar-refractivity contribution in [2.24, 2.45) is 0 Å². The molecule has 0 spiro atoms. The number of hydrogen-bond donors (Lipinski definition) is 3. The summed E-state index contributed by atoms with van der Waals surface area (Å²) in [5.74, 6) is -4.33. The standard InChI is InChI=1S/C26H29F3N4O4/c1-13(15-8-7-9-17(21(15)27)26(28,29)25(5,36)12-34)30-22-16-10-19-20(11-18(16)31-14(2)32-22)37-24(3,4)23(35)33(19)6/h7-11,13,34,36H,12H2,1-6H3,(H,30,31,32)/t13-,25+/m1/s1. The molecule has 0 radical (unpaired) electrons. The van der Waals surface area contributed by atoms with E-state index >= 15 is 4.39 Å². The zero-order valence-corrected chi connectivity index (χ0v) is 21.4. The highest BCUT2D eigenvalue weighted by Gasteiger charge is 2.52. The van der Waals surface area contributed by atoms with E-state index in [-0.39, 0.29) is 11.5 Å². The lowest BCUT2D eigenvalue weighted by Crippen LogP contribution is -2.50. The molecule has 0 aliphatic carbocycles. The number of likely N-dealkylation sites (N-methyl/N-ethyl adjacent to an activating group) is 1. The van der Waals surface area contributed by atoms with E-state index in [0.29, 0.717) is 34.0 Å². The first-order valence-corrected chi connectivity index (χ1v) is 11.7. The monoisotopic (exact) mass is 518 g/mol. The highest BCUT2D eigenvalue weighted by Crippen LogP contribution is 2.43. The summed E-state index contributed by atoms with van der Waals surface area (Å²) in [7, 11) is 1.63. The number of halogens is 3. The SMILES string of the molecule is Cc1nc(N[C@H](C)c2cccc(C(F)(F)[C@@](C)(O)CO)c2F)c2cc3c(cc2n1)OC(C)(C)C(=O)N3C. The fraction of sp³-hybridized carbons (Fsp3) is 0.423. The van der Waals surface area contributed by atoms with Gasteiger partial charge in [0.25, 0.3) is 5.91 Å². The van der Waals surface area contributed by atoms with E-state index < -0.39 is 41.2 Å². The first kappa shape index (κ1) is 26.6. The molecule has 0 saturated heterocycles. The largest absolute Gasteiger partial charge is 0.476 e. The molecule has 2 aromatic carbocycles. The number of alkyl halides is 2. The second-order valence-corrected chi connectivity index (χ2v) is 10.0. The number of aliphatic hydroxyl groups excluding tert-OH is 1. The fourth-order valence-corrected chi connectivity index (χ4v) is 4.35. The van der Waals surface area contributed by atoms with Crippen molar-refractivity contribution >= 4 is 28.3 Å². The Labute approximate surface area is 212 Å². The fourth-order valence-electron chi connectivity index (χ4n) is 4.35. The van der Waals surface area contributed by atoms with Gasteiger partial charge in [0.05, 0.1) is 29.4 Å². The zero-order valence-electron chi connectivity index (χ0n) is 21.4. The van der Waals surface area contributed by atoms with Crippen LogP contribution < -0.4 is 15.0 Å². The molecule has 3 aromatic rings. The lowest BCUT2D eigenvalue weighted by molar-refractivity contribution is -0.197. The highest BCUT2D eigenvalue weighted by atomic mass is 19.3. The van der Waals surface area contributed by atoms with Gasteiger partial charge >= 0.3 is 5.92 Å². The number of nitrogens with one attached hydrogen (secondary N) is 1. The van der Waals surface area contributed by atoms with Crippen LogP contribution in [0.25, 0.3) is 10.9 Å². The molecule has 0 bridgehead atoms. The molecule has 1 aromatic heterocycles. The van der Waals surface area contributed by atoms with Crippen molar-refractivity contribution in [1.82, 2.24) is 9.97 Å². The summed E-state index contributed by atoms with van der Waals surface area (Å²) in [6.45, 7) is 6.08. The van der Waals surface area contributed by atoms with Crippen LogP contribution in [-0.2, 0) is 10.7 Å².